The molecule has 32 heteroatoms. The van der Waals surface area contributed by atoms with Gasteiger partial charge in [0.2, 0.25) is 53.2 Å². The molecule has 6 rings (SSSR count). The number of hydrogen-bond donors (Lipinski definition) is 16. The fourth-order valence-electron chi connectivity index (χ4n) is 11.8. The third-order valence-corrected chi connectivity index (χ3v) is 19.0. The van der Waals surface area contributed by atoms with E-state index in [1.165, 1.54) is 41.6 Å². The number of benzene rings is 2. The molecule has 98 heavy (non-hydrogen) atoms. The van der Waals surface area contributed by atoms with Crippen LogP contribution in [-0.4, -0.2) is 198 Å². The van der Waals surface area contributed by atoms with E-state index in [1.807, 2.05) is 11.8 Å². The zero-order valence-electron chi connectivity index (χ0n) is 55.9. The highest BCUT2D eigenvalue weighted by molar-refractivity contribution is 8.00. The van der Waals surface area contributed by atoms with Crippen molar-refractivity contribution in [2.24, 2.45) is 28.3 Å². The second kappa shape index (κ2) is 39.0. The summed E-state index contributed by atoms with van der Waals surface area (Å²) < 4.78 is 0. The summed E-state index contributed by atoms with van der Waals surface area (Å²) in [5.41, 5.74) is 12.2. The number of H-pyrrole nitrogens is 1. The average molecular weight is 1390 g/mol. The minimum atomic E-state index is -1.65. The number of nitrogens with one attached hydrogen (secondary N) is 11. The number of phenols is 1. The van der Waals surface area contributed by atoms with E-state index < -0.39 is 126 Å². The van der Waals surface area contributed by atoms with Gasteiger partial charge in [-0.1, -0.05) is 89.4 Å². The Balaban J connectivity index is 1.10. The predicted octanol–water partition coefficient (Wildman–Crippen LogP) is 0.245. The second-order valence-electron chi connectivity index (χ2n) is 25.4. The fourth-order valence-corrected chi connectivity index (χ4v) is 13.4. The summed E-state index contributed by atoms with van der Waals surface area (Å²) >= 11 is 1.82. The summed E-state index contributed by atoms with van der Waals surface area (Å²) in [6, 6.07) is 3.39. The number of nitrogens with two attached hydrogens (primary N) is 2. The molecule has 12 unspecified atom stereocenters. The summed E-state index contributed by atoms with van der Waals surface area (Å²) in [6.45, 7) is 7.12. The number of hydrogen-bond acceptors (Lipinski definition) is 16. The van der Waals surface area contributed by atoms with Crippen LogP contribution in [-0.2, 0) is 72.0 Å². The lowest BCUT2D eigenvalue weighted by atomic mass is 9.96. The number of rotatable bonds is 41. The van der Waals surface area contributed by atoms with E-state index in [0.29, 0.717) is 73.7 Å². The third-order valence-electron chi connectivity index (χ3n) is 17.4. The molecule has 3 saturated heterocycles. The number of unbranched alkanes of at least 4 members (excludes halogenated alkanes) is 3. The number of phenolic OH excluding ortho intramolecular Hbond substituents is 1. The van der Waals surface area contributed by atoms with Crippen molar-refractivity contribution in [1.29, 1.82) is 0 Å². The minimum Gasteiger partial charge on any atom is -0.508 e. The Hall–Kier alpha value is -9.49. The van der Waals surface area contributed by atoms with Crippen LogP contribution in [0.4, 0.5) is 4.79 Å². The van der Waals surface area contributed by atoms with Crippen molar-refractivity contribution in [3.8, 4) is 5.75 Å². The molecule has 0 radical (unpaired) electrons. The zero-order chi connectivity index (χ0) is 71.4. The van der Waals surface area contributed by atoms with E-state index in [-0.39, 0.29) is 93.8 Å². The topological polar surface area (TPSA) is 482 Å². The monoisotopic (exact) mass is 1380 g/mol. The van der Waals surface area contributed by atoms with Crippen LogP contribution < -0.4 is 64.6 Å². The van der Waals surface area contributed by atoms with E-state index in [2.05, 4.69) is 68.1 Å². The van der Waals surface area contributed by atoms with Crippen molar-refractivity contribution in [2.75, 3.05) is 25.4 Å². The predicted molar refractivity (Wildman–Crippen MR) is 362 cm³/mol. The number of carbonyl (C=O) groups is 12. The van der Waals surface area contributed by atoms with E-state index >= 15 is 0 Å². The molecule has 11 amide bonds. The quantitative estimate of drug-likeness (QED) is 0.0157. The number of carbonyl (C=O) groups excluding carboxylic acids is 10. The number of aromatic amines is 1. The van der Waals surface area contributed by atoms with Gasteiger partial charge in [-0.25, -0.2) is 14.6 Å². The lowest BCUT2D eigenvalue weighted by molar-refractivity contribution is -0.145. The van der Waals surface area contributed by atoms with Gasteiger partial charge in [-0.3, -0.25) is 52.9 Å². The third kappa shape index (κ3) is 24.9. The maximum atomic E-state index is 14.8. The lowest BCUT2D eigenvalue weighted by Gasteiger charge is -2.32. The molecule has 18 N–H and O–H groups in total. The number of urea groups is 1. The number of likely N-dealkylation sites (tertiary alicyclic amines) is 1. The van der Waals surface area contributed by atoms with Crippen LogP contribution in [0.3, 0.4) is 0 Å². The van der Waals surface area contributed by atoms with E-state index in [0.717, 1.165) is 18.6 Å². The number of aliphatic carboxylic acids is 2. The highest BCUT2D eigenvalue weighted by atomic mass is 32.2. The van der Waals surface area contributed by atoms with Gasteiger partial charge in [-0.15, -0.1) is 0 Å². The molecule has 1 aromatic heterocycles. The summed E-state index contributed by atoms with van der Waals surface area (Å²) in [4.78, 5) is 176. The van der Waals surface area contributed by atoms with Gasteiger partial charge in [-0.05, 0) is 86.5 Å². The van der Waals surface area contributed by atoms with Crippen molar-refractivity contribution < 1.29 is 72.9 Å². The van der Waals surface area contributed by atoms with Crippen molar-refractivity contribution in [1.82, 2.24) is 68.0 Å². The number of carboxylic acid groups (broad SMARTS) is 2. The highest BCUT2D eigenvalue weighted by Crippen LogP contribution is 2.33. The Bertz CT molecular complexity index is 3230. The van der Waals surface area contributed by atoms with Crippen LogP contribution in [0, 0.1) is 11.8 Å². The SMILES string of the molecule is CCC(C)C(NC(=O)C(Cc1ccc(O)cc1)NC(=O)C(NC(=O)C(CCCN=C(N)N)NC(=O)C(CC(=O)O)NC(=O)CCCCCNC(=O)CCCCC1SCC2NC(=O)NC21)C(C)C)C(=O)NC(Cc1ncc[nH]1)C(=O)N1CCCC1C(=O)NC(Cc1ccccc1)C(=O)O. The van der Waals surface area contributed by atoms with Gasteiger partial charge >= 0.3 is 18.0 Å². The number of guanidine groups is 1. The Morgan fingerprint density at radius 1 is 0.694 bits per heavy atom. The first-order valence-corrected chi connectivity index (χ1v) is 34.5. The van der Waals surface area contributed by atoms with Crippen LogP contribution in [0.25, 0.3) is 0 Å². The first-order valence-electron chi connectivity index (χ1n) is 33.5. The zero-order valence-corrected chi connectivity index (χ0v) is 56.7. The van der Waals surface area contributed by atoms with E-state index in [9.17, 15) is 72.9 Å². The van der Waals surface area contributed by atoms with Crippen LogP contribution in [0.1, 0.15) is 135 Å². The molecule has 3 aliphatic heterocycles. The number of imidazole rings is 1. The van der Waals surface area contributed by atoms with Gasteiger partial charge in [0.15, 0.2) is 5.96 Å². The molecule has 2 aromatic carbocycles. The molecular formula is C66H96N16O15S. The molecular weight excluding hydrogens is 1290 g/mol. The number of nitrogens with zero attached hydrogens (tertiary/aromatic N) is 3. The standard InChI is InChI=1S/C66H96N16O15S/c1-5-38(4)55(62(93)76-45(34-50-69-29-30-70-50)63(94)82-31-15-19-48(82)60(91)77-46(64(95)96)33-39-16-8-6-9-17-39)80-59(90)43(32-40-23-25-41(83)26-24-40)75-61(92)54(37(2)3)79-57(88)42(18-14-28-72-65(67)68)74-58(89)44(35-53(86)87)73-52(85)22-10-7-13-27-71-51(84)21-12-11-20-49-56-47(36-98-49)78-66(97)81-56/h6,8-9,16-17,23-26,29-30,37-38,42-49,54-56,83H,5,7,10-15,18-22,27-28,31-36H2,1-4H3,(H,69,70)(H,71,84)(H,73,85)(H,74,89)(H,75,92)(H,76,93)(H,77,91)(H,79,88)(H,80,90)(H,86,87)(H,95,96)(H4,67,68,72)(H2,78,81,97). The number of aromatic hydroxyl groups is 1. The summed E-state index contributed by atoms with van der Waals surface area (Å²) in [5.74, 6) is -9.84. The van der Waals surface area contributed by atoms with Gasteiger partial charge in [0.25, 0.3) is 0 Å². The number of fused-ring (bicyclic) bond motifs is 1. The summed E-state index contributed by atoms with van der Waals surface area (Å²) in [7, 11) is 0. The van der Waals surface area contributed by atoms with E-state index in [1.54, 1.807) is 58.0 Å². The lowest BCUT2D eigenvalue weighted by Crippen LogP contribution is -2.62. The van der Waals surface area contributed by atoms with Crippen molar-refractivity contribution in [3.63, 3.8) is 0 Å². The van der Waals surface area contributed by atoms with Gasteiger partial charge < -0.3 is 89.8 Å². The van der Waals surface area contributed by atoms with Gasteiger partial charge in [0.1, 0.15) is 59.9 Å². The largest absolute Gasteiger partial charge is 0.508 e. The summed E-state index contributed by atoms with van der Waals surface area (Å²) in [5, 5.41) is 57.7. The molecule has 536 valence electrons. The van der Waals surface area contributed by atoms with Crippen LogP contribution >= 0.6 is 11.8 Å². The van der Waals surface area contributed by atoms with Crippen molar-refractivity contribution in [2.45, 2.75) is 203 Å². The normalized spacial score (nSPS) is 18.7. The second-order valence-corrected chi connectivity index (χ2v) is 26.6. The molecule has 0 aliphatic carbocycles. The smallest absolute Gasteiger partial charge is 0.326 e. The van der Waals surface area contributed by atoms with Crippen LogP contribution in [0.2, 0.25) is 0 Å². The Morgan fingerprint density at radius 2 is 1.34 bits per heavy atom. The Morgan fingerprint density at radius 3 is 2.01 bits per heavy atom. The minimum absolute atomic E-state index is 0.00861. The Labute approximate surface area is 573 Å². The summed E-state index contributed by atoms with van der Waals surface area (Å²) in [6.07, 6.45) is 6.60. The van der Waals surface area contributed by atoms with Gasteiger partial charge in [0.05, 0.1) is 18.5 Å². The van der Waals surface area contributed by atoms with Crippen LogP contribution in [0.5, 0.6) is 5.75 Å². The number of aliphatic imine (C=N–C) groups is 1. The molecule has 3 aliphatic rings. The highest BCUT2D eigenvalue weighted by Gasteiger charge is 2.44. The van der Waals surface area contributed by atoms with Gasteiger partial charge in [-0.2, -0.15) is 11.8 Å². The number of thioether (sulfide) groups is 1. The first kappa shape index (κ1) is 77.5. The van der Waals surface area contributed by atoms with E-state index in [4.69, 9.17) is 11.5 Å². The maximum absolute atomic E-state index is 14.8. The van der Waals surface area contributed by atoms with Crippen molar-refractivity contribution in [3.05, 3.63) is 83.9 Å². The van der Waals surface area contributed by atoms with Crippen molar-refractivity contribution >= 4 is 88.9 Å². The molecule has 31 nitrogen and oxygen atoms in total. The average Bonchev–Trinajstić information content (AvgIpc) is 1.62. The number of aromatic nitrogens is 2. The number of amides is 11. The molecule has 3 aromatic rings. The molecule has 0 bridgehead atoms. The van der Waals surface area contributed by atoms with Crippen LogP contribution in [0.15, 0.2) is 72.0 Å². The molecule has 0 saturated carbocycles. The molecule has 3 fully saturated rings. The molecule has 12 atom stereocenters. The Kier molecular flexibility index (Phi) is 30.9. The maximum Gasteiger partial charge on any atom is 0.326 e. The first-order chi connectivity index (χ1) is 46.8. The number of carboxylic acids is 2. The molecule has 4 heterocycles. The fraction of sp³-hybridized carbons (Fsp3) is 0.576. The van der Waals surface area contributed by atoms with Gasteiger partial charge in [0, 0.05) is 75.1 Å². The molecule has 0 spiro atoms.